The zero-order valence-electron chi connectivity index (χ0n) is 17.0. The normalized spacial score (nSPS) is 11.0. The van der Waals surface area contributed by atoms with Gasteiger partial charge >= 0.3 is 0 Å². The number of nitrogens with zero attached hydrogens (tertiary/aromatic N) is 3. The molecule has 0 aliphatic rings. The Bertz CT molecular complexity index is 1030. The smallest absolute Gasteiger partial charge is 0.264 e. The van der Waals surface area contributed by atoms with Crippen LogP contribution in [0.5, 0.6) is 5.75 Å². The molecule has 6 nitrogen and oxygen atoms in total. The molecule has 1 heterocycles. The van der Waals surface area contributed by atoms with Crippen LogP contribution in [0, 0.1) is 11.3 Å². The lowest BCUT2D eigenvalue weighted by Gasteiger charge is -2.19. The first-order valence-electron chi connectivity index (χ1n) is 9.32. The molecule has 154 valence electrons. The van der Waals surface area contributed by atoms with Crippen LogP contribution >= 0.6 is 23.1 Å². The van der Waals surface area contributed by atoms with Gasteiger partial charge in [-0.1, -0.05) is 68.1 Å². The third-order valence-electron chi connectivity index (χ3n) is 4.19. The highest BCUT2D eigenvalue weighted by atomic mass is 32.2. The van der Waals surface area contributed by atoms with Crippen LogP contribution in [0.1, 0.15) is 37.5 Å². The molecule has 3 aromatic rings. The molecule has 30 heavy (non-hydrogen) atoms. The van der Waals surface area contributed by atoms with Crippen molar-refractivity contribution in [2.75, 3.05) is 11.9 Å². The number of carbonyl (C=O) groups excluding carboxylic acids is 1. The summed E-state index contributed by atoms with van der Waals surface area (Å²) in [7, 11) is 0. The summed E-state index contributed by atoms with van der Waals surface area (Å²) in [5.74, 6) is 1.07. The first kappa shape index (κ1) is 21.8. The van der Waals surface area contributed by atoms with Crippen LogP contribution in [0.4, 0.5) is 5.13 Å². The molecule has 1 aromatic heterocycles. The van der Waals surface area contributed by atoms with Crippen LogP contribution in [0.15, 0.2) is 52.9 Å². The molecule has 8 heteroatoms. The minimum Gasteiger partial charge on any atom is -0.484 e. The zero-order chi connectivity index (χ0) is 21.6. The molecule has 1 amide bonds. The predicted molar refractivity (Wildman–Crippen MR) is 120 cm³/mol. The maximum Gasteiger partial charge on any atom is 0.264 e. The van der Waals surface area contributed by atoms with Crippen LogP contribution in [0.25, 0.3) is 0 Å². The van der Waals surface area contributed by atoms with Crippen molar-refractivity contribution in [2.24, 2.45) is 0 Å². The highest BCUT2D eigenvalue weighted by Crippen LogP contribution is 2.28. The first-order chi connectivity index (χ1) is 14.3. The van der Waals surface area contributed by atoms with Crippen molar-refractivity contribution in [1.29, 1.82) is 5.26 Å². The Kier molecular flexibility index (Phi) is 7.08. The standard InChI is InChI=1S/C22H22N4O2S2/c1-22(2,3)17-8-10-18(11-9-17)28-13-19(27)24-20-25-26-21(30-20)29-14-16-6-4-15(12-23)5-7-16/h4-11H,13-14H2,1-3H3,(H,24,25,27). The van der Waals surface area contributed by atoms with Gasteiger partial charge in [0, 0.05) is 5.75 Å². The third kappa shape index (κ3) is 6.31. The Morgan fingerprint density at radius 1 is 1.13 bits per heavy atom. The Labute approximate surface area is 184 Å². The fraction of sp³-hybridized carbons (Fsp3) is 0.273. The third-order valence-corrected chi connectivity index (χ3v) is 6.23. The van der Waals surface area contributed by atoms with E-state index in [2.05, 4.69) is 42.4 Å². The Hall–Kier alpha value is -2.89. The van der Waals surface area contributed by atoms with Crippen LogP contribution in [-0.2, 0) is 16.0 Å². The molecule has 0 atom stereocenters. The van der Waals surface area contributed by atoms with E-state index in [0.717, 1.165) is 9.90 Å². The number of benzene rings is 2. The Morgan fingerprint density at radius 2 is 1.83 bits per heavy atom. The molecule has 0 bridgehead atoms. The maximum atomic E-state index is 12.1. The topological polar surface area (TPSA) is 87.9 Å². The van der Waals surface area contributed by atoms with Gasteiger partial charge < -0.3 is 4.74 Å². The molecule has 0 unspecified atom stereocenters. The van der Waals surface area contributed by atoms with Crippen LogP contribution in [-0.4, -0.2) is 22.7 Å². The predicted octanol–water partition coefficient (Wildman–Crippen LogP) is 5.02. The summed E-state index contributed by atoms with van der Waals surface area (Å²) >= 11 is 2.84. The van der Waals surface area contributed by atoms with Gasteiger partial charge in [-0.25, -0.2) is 0 Å². The second-order valence-electron chi connectivity index (χ2n) is 7.58. The van der Waals surface area contributed by atoms with Crippen LogP contribution in [0.3, 0.4) is 0 Å². The van der Waals surface area contributed by atoms with E-state index < -0.39 is 0 Å². The summed E-state index contributed by atoms with van der Waals surface area (Å²) in [6, 6.07) is 17.3. The number of hydrogen-bond acceptors (Lipinski definition) is 7. The summed E-state index contributed by atoms with van der Waals surface area (Å²) in [5, 5.41) is 20.1. The number of nitrogens with one attached hydrogen (secondary N) is 1. The van der Waals surface area contributed by atoms with Gasteiger partial charge in [0.1, 0.15) is 5.75 Å². The number of nitriles is 1. The molecule has 3 rings (SSSR count). The van der Waals surface area contributed by atoms with Crippen molar-refractivity contribution >= 4 is 34.1 Å². The van der Waals surface area contributed by atoms with Gasteiger partial charge in [0.05, 0.1) is 11.6 Å². The van der Waals surface area contributed by atoms with E-state index in [9.17, 15) is 4.79 Å². The molecule has 0 aliphatic heterocycles. The number of ether oxygens (including phenoxy) is 1. The van der Waals surface area contributed by atoms with Crippen molar-refractivity contribution in [2.45, 2.75) is 36.3 Å². The summed E-state index contributed by atoms with van der Waals surface area (Å²) in [4.78, 5) is 12.1. The molecule has 0 radical (unpaired) electrons. The monoisotopic (exact) mass is 438 g/mol. The molecular weight excluding hydrogens is 416 g/mol. The number of hydrogen-bond donors (Lipinski definition) is 1. The van der Waals surface area contributed by atoms with E-state index >= 15 is 0 Å². The number of aromatic nitrogens is 2. The van der Waals surface area contributed by atoms with E-state index in [1.54, 1.807) is 12.1 Å². The fourth-order valence-electron chi connectivity index (χ4n) is 2.49. The zero-order valence-corrected chi connectivity index (χ0v) is 18.6. The van der Waals surface area contributed by atoms with Crippen molar-refractivity contribution in [3.05, 3.63) is 65.2 Å². The minimum atomic E-state index is -0.283. The van der Waals surface area contributed by atoms with Gasteiger partial charge in [-0.2, -0.15) is 5.26 Å². The highest BCUT2D eigenvalue weighted by molar-refractivity contribution is 8.00. The second kappa shape index (κ2) is 9.74. The lowest BCUT2D eigenvalue weighted by Crippen LogP contribution is -2.20. The number of rotatable bonds is 7. The van der Waals surface area contributed by atoms with E-state index in [-0.39, 0.29) is 17.9 Å². The summed E-state index contributed by atoms with van der Waals surface area (Å²) in [6.07, 6.45) is 0. The number of amides is 1. The lowest BCUT2D eigenvalue weighted by molar-refractivity contribution is -0.118. The largest absolute Gasteiger partial charge is 0.484 e. The van der Waals surface area contributed by atoms with E-state index in [1.807, 2.05) is 36.4 Å². The van der Waals surface area contributed by atoms with Gasteiger partial charge in [0.2, 0.25) is 5.13 Å². The number of anilines is 1. The molecule has 0 saturated heterocycles. The van der Waals surface area contributed by atoms with Gasteiger partial charge in [-0.3, -0.25) is 10.1 Å². The summed E-state index contributed by atoms with van der Waals surface area (Å²) in [5.41, 5.74) is 3.01. The molecule has 0 aliphatic carbocycles. The fourth-order valence-corrected chi connectivity index (χ4v) is 4.22. The van der Waals surface area contributed by atoms with Gasteiger partial charge in [0.15, 0.2) is 10.9 Å². The molecule has 0 saturated carbocycles. The molecule has 2 aromatic carbocycles. The van der Waals surface area contributed by atoms with Gasteiger partial charge in [0.25, 0.3) is 5.91 Å². The van der Waals surface area contributed by atoms with Crippen molar-refractivity contribution in [3.63, 3.8) is 0 Å². The lowest BCUT2D eigenvalue weighted by atomic mass is 9.87. The number of carbonyl (C=O) groups is 1. The van der Waals surface area contributed by atoms with Crippen molar-refractivity contribution in [3.8, 4) is 11.8 Å². The SMILES string of the molecule is CC(C)(C)c1ccc(OCC(=O)Nc2nnc(SCc3ccc(C#N)cc3)s2)cc1. The second-order valence-corrected chi connectivity index (χ2v) is 9.78. The quantitative estimate of drug-likeness (QED) is 0.412. The molecule has 1 N–H and O–H groups in total. The van der Waals surface area contributed by atoms with Crippen LogP contribution in [0.2, 0.25) is 0 Å². The number of thioether (sulfide) groups is 1. The van der Waals surface area contributed by atoms with Gasteiger partial charge in [-0.15, -0.1) is 10.2 Å². The first-order valence-corrected chi connectivity index (χ1v) is 11.1. The Morgan fingerprint density at radius 3 is 2.47 bits per heavy atom. The van der Waals surface area contributed by atoms with E-state index in [1.165, 1.54) is 28.7 Å². The minimum absolute atomic E-state index is 0.0730. The molecule has 0 spiro atoms. The molecule has 0 fully saturated rings. The Balaban J connectivity index is 1.45. The summed E-state index contributed by atoms with van der Waals surface area (Å²) < 4.78 is 6.31. The average Bonchev–Trinajstić information content (AvgIpc) is 3.18. The van der Waals surface area contributed by atoms with Gasteiger partial charge in [-0.05, 0) is 40.8 Å². The average molecular weight is 439 g/mol. The van der Waals surface area contributed by atoms with E-state index in [4.69, 9.17) is 10.00 Å². The van der Waals surface area contributed by atoms with Crippen LogP contribution < -0.4 is 10.1 Å². The van der Waals surface area contributed by atoms with Crippen molar-refractivity contribution in [1.82, 2.24) is 10.2 Å². The maximum absolute atomic E-state index is 12.1. The van der Waals surface area contributed by atoms with Crippen molar-refractivity contribution < 1.29 is 9.53 Å². The van der Waals surface area contributed by atoms with E-state index in [0.29, 0.717) is 22.2 Å². The highest BCUT2D eigenvalue weighted by Gasteiger charge is 2.14. The molecular formula is C22H22N4O2S2. The summed E-state index contributed by atoms with van der Waals surface area (Å²) in [6.45, 7) is 6.35.